The fourth-order valence-electron chi connectivity index (χ4n) is 1.79. The Morgan fingerprint density at radius 2 is 2.17 bits per heavy atom. The maximum absolute atomic E-state index is 12.2. The molecule has 0 saturated heterocycles. The number of para-hydroxylation sites is 2. The van der Waals surface area contributed by atoms with Crippen molar-refractivity contribution in [3.8, 4) is 11.8 Å². The van der Waals surface area contributed by atoms with E-state index >= 15 is 0 Å². The van der Waals surface area contributed by atoms with Gasteiger partial charge in [-0.05, 0) is 18.6 Å². The smallest absolute Gasteiger partial charge is 0.244 e. The molecule has 1 aromatic carbocycles. The highest BCUT2D eigenvalue weighted by atomic mass is 16.5. The summed E-state index contributed by atoms with van der Waals surface area (Å²) in [6.45, 7) is 1.96. The van der Waals surface area contributed by atoms with Crippen LogP contribution in [0.1, 0.15) is 19.8 Å². The first kappa shape index (κ1) is 14.0. The second-order valence-electron chi connectivity index (χ2n) is 4.04. The topological polar surface area (TPSA) is 53.3 Å². The number of hydrogen-bond acceptors (Lipinski definition) is 3. The van der Waals surface area contributed by atoms with Crippen molar-refractivity contribution in [2.75, 3.05) is 19.1 Å². The fraction of sp³-hybridized carbons (Fsp3) is 0.429. The number of hydrogen-bond donors (Lipinski definition) is 0. The van der Waals surface area contributed by atoms with Gasteiger partial charge < -0.3 is 9.64 Å². The van der Waals surface area contributed by atoms with Gasteiger partial charge >= 0.3 is 0 Å². The third kappa shape index (κ3) is 3.01. The van der Waals surface area contributed by atoms with Crippen LogP contribution < -0.4 is 9.64 Å². The molecule has 0 fully saturated rings. The highest BCUT2D eigenvalue weighted by Gasteiger charge is 2.23. The summed E-state index contributed by atoms with van der Waals surface area (Å²) in [6, 6.07) is 9.33. The Balaban J connectivity index is 2.96. The summed E-state index contributed by atoms with van der Waals surface area (Å²) in [5, 5.41) is 9.02. The number of nitriles is 1. The summed E-state index contributed by atoms with van der Waals surface area (Å²) in [4.78, 5) is 13.7. The second kappa shape index (κ2) is 6.65. The van der Waals surface area contributed by atoms with Crippen molar-refractivity contribution in [1.82, 2.24) is 0 Å². The van der Waals surface area contributed by atoms with Crippen LogP contribution >= 0.6 is 0 Å². The lowest BCUT2D eigenvalue weighted by atomic mass is 10.0. The molecule has 1 rings (SSSR count). The Morgan fingerprint density at radius 3 is 2.72 bits per heavy atom. The van der Waals surface area contributed by atoms with Gasteiger partial charge in [-0.3, -0.25) is 4.79 Å². The van der Waals surface area contributed by atoms with Gasteiger partial charge in [-0.15, -0.1) is 0 Å². The van der Waals surface area contributed by atoms with Gasteiger partial charge in [-0.1, -0.05) is 25.5 Å². The predicted molar refractivity (Wildman–Crippen MR) is 70.4 cm³/mol. The summed E-state index contributed by atoms with van der Waals surface area (Å²) in [5.74, 6) is -0.157. The van der Waals surface area contributed by atoms with Crippen molar-refractivity contribution in [1.29, 1.82) is 5.26 Å². The van der Waals surface area contributed by atoms with E-state index in [4.69, 9.17) is 10.00 Å². The molecule has 0 heterocycles. The van der Waals surface area contributed by atoms with Crippen molar-refractivity contribution < 1.29 is 9.53 Å². The average molecular weight is 246 g/mol. The number of rotatable bonds is 5. The first-order chi connectivity index (χ1) is 8.65. The summed E-state index contributed by atoms with van der Waals surface area (Å²) in [6.07, 6.45) is 1.39. The zero-order valence-corrected chi connectivity index (χ0v) is 11.0. The van der Waals surface area contributed by atoms with Crippen LogP contribution in [-0.2, 0) is 4.79 Å². The van der Waals surface area contributed by atoms with E-state index in [2.05, 4.69) is 6.07 Å². The summed E-state index contributed by atoms with van der Waals surface area (Å²) in [7, 11) is 3.23. The predicted octanol–water partition coefficient (Wildman–Crippen LogP) is 2.60. The van der Waals surface area contributed by atoms with Gasteiger partial charge in [-0.25, -0.2) is 0 Å². The monoisotopic (exact) mass is 246 g/mol. The molecule has 0 aliphatic carbocycles. The molecule has 0 aromatic heterocycles. The molecule has 1 unspecified atom stereocenters. The molecule has 0 aliphatic heterocycles. The standard InChI is InChI=1S/C14H18N2O2/c1-4-7-11(10-15)14(17)16(2)12-8-5-6-9-13(12)18-3/h5-6,8-9,11H,4,7H2,1-3H3. The molecule has 1 aromatic rings. The molecule has 0 spiro atoms. The largest absolute Gasteiger partial charge is 0.495 e. The lowest BCUT2D eigenvalue weighted by Crippen LogP contribution is -2.32. The second-order valence-corrected chi connectivity index (χ2v) is 4.04. The lowest BCUT2D eigenvalue weighted by Gasteiger charge is -2.21. The molecule has 4 nitrogen and oxygen atoms in total. The summed E-state index contributed by atoms with van der Waals surface area (Å²) in [5.41, 5.74) is 0.682. The molecule has 18 heavy (non-hydrogen) atoms. The Hall–Kier alpha value is -2.02. The molecule has 1 amide bonds. The number of amides is 1. The molecular weight excluding hydrogens is 228 g/mol. The molecule has 0 aliphatic rings. The number of methoxy groups -OCH3 is 1. The first-order valence-corrected chi connectivity index (χ1v) is 5.95. The zero-order chi connectivity index (χ0) is 13.5. The molecule has 1 atom stereocenters. The quantitative estimate of drug-likeness (QED) is 0.802. The van der Waals surface area contributed by atoms with E-state index in [1.807, 2.05) is 19.1 Å². The minimum Gasteiger partial charge on any atom is -0.495 e. The van der Waals surface area contributed by atoms with Gasteiger partial charge in [0.25, 0.3) is 0 Å². The number of carbonyl (C=O) groups is 1. The van der Waals surface area contributed by atoms with Crippen LogP contribution in [0.3, 0.4) is 0 Å². The number of nitrogens with zero attached hydrogens (tertiary/aromatic N) is 2. The Bertz CT molecular complexity index is 451. The van der Waals surface area contributed by atoms with Gasteiger partial charge in [0.2, 0.25) is 5.91 Å². The van der Waals surface area contributed by atoms with Gasteiger partial charge in [0.15, 0.2) is 0 Å². The fourth-order valence-corrected chi connectivity index (χ4v) is 1.79. The van der Waals surface area contributed by atoms with Gasteiger partial charge in [0.1, 0.15) is 11.7 Å². The number of carbonyl (C=O) groups excluding carboxylic acids is 1. The van der Waals surface area contributed by atoms with Gasteiger partial charge in [0.05, 0.1) is 18.9 Å². The lowest BCUT2D eigenvalue weighted by molar-refractivity contribution is -0.120. The van der Waals surface area contributed by atoms with E-state index in [1.165, 1.54) is 4.90 Å². The summed E-state index contributed by atoms with van der Waals surface area (Å²) < 4.78 is 5.21. The van der Waals surface area contributed by atoms with Crippen molar-refractivity contribution in [2.45, 2.75) is 19.8 Å². The number of benzene rings is 1. The van der Waals surface area contributed by atoms with Crippen LogP contribution in [0, 0.1) is 17.2 Å². The molecule has 0 saturated carbocycles. The number of anilines is 1. The van der Waals surface area contributed by atoms with E-state index in [9.17, 15) is 4.79 Å². The van der Waals surface area contributed by atoms with Crippen molar-refractivity contribution in [3.63, 3.8) is 0 Å². The van der Waals surface area contributed by atoms with E-state index in [0.29, 0.717) is 17.9 Å². The van der Waals surface area contributed by atoms with Gasteiger partial charge in [0, 0.05) is 7.05 Å². The normalized spacial score (nSPS) is 11.4. The molecule has 0 radical (unpaired) electrons. The SMILES string of the molecule is CCCC(C#N)C(=O)N(C)c1ccccc1OC. The van der Waals surface area contributed by atoms with Crippen molar-refractivity contribution in [3.05, 3.63) is 24.3 Å². The third-order valence-corrected chi connectivity index (χ3v) is 2.81. The van der Waals surface area contributed by atoms with E-state index < -0.39 is 5.92 Å². The Kier molecular flexibility index (Phi) is 5.19. The van der Waals surface area contributed by atoms with Crippen LogP contribution in [-0.4, -0.2) is 20.1 Å². The highest BCUT2D eigenvalue weighted by Crippen LogP contribution is 2.28. The van der Waals surface area contributed by atoms with E-state index in [-0.39, 0.29) is 5.91 Å². The van der Waals surface area contributed by atoms with Crippen LogP contribution in [0.25, 0.3) is 0 Å². The maximum atomic E-state index is 12.2. The van der Waals surface area contributed by atoms with Crippen molar-refractivity contribution in [2.24, 2.45) is 5.92 Å². The Morgan fingerprint density at radius 1 is 1.50 bits per heavy atom. The number of ether oxygens (including phenoxy) is 1. The zero-order valence-electron chi connectivity index (χ0n) is 11.0. The molecule has 96 valence electrons. The third-order valence-electron chi connectivity index (χ3n) is 2.81. The van der Waals surface area contributed by atoms with Crippen LogP contribution in [0.2, 0.25) is 0 Å². The molecular formula is C14H18N2O2. The van der Waals surface area contributed by atoms with E-state index in [1.54, 1.807) is 26.3 Å². The Labute approximate surface area is 108 Å². The first-order valence-electron chi connectivity index (χ1n) is 5.95. The van der Waals surface area contributed by atoms with Gasteiger partial charge in [-0.2, -0.15) is 5.26 Å². The molecule has 0 N–H and O–H groups in total. The highest BCUT2D eigenvalue weighted by molar-refractivity contribution is 5.97. The minimum absolute atomic E-state index is 0.191. The van der Waals surface area contributed by atoms with Crippen LogP contribution in [0.15, 0.2) is 24.3 Å². The molecule has 0 bridgehead atoms. The van der Waals surface area contributed by atoms with Crippen LogP contribution in [0.5, 0.6) is 5.75 Å². The van der Waals surface area contributed by atoms with E-state index in [0.717, 1.165) is 6.42 Å². The maximum Gasteiger partial charge on any atom is 0.244 e. The van der Waals surface area contributed by atoms with Crippen LogP contribution in [0.4, 0.5) is 5.69 Å². The summed E-state index contributed by atoms with van der Waals surface area (Å²) >= 11 is 0. The minimum atomic E-state index is -0.593. The van der Waals surface area contributed by atoms with Crippen molar-refractivity contribution >= 4 is 11.6 Å². The average Bonchev–Trinajstić information content (AvgIpc) is 2.43. The molecule has 4 heteroatoms.